The fraction of sp³-hybridized carbons (Fsp3) is 0.143. The molecule has 0 aliphatic carbocycles. The molecule has 3 aromatic rings. The SMILES string of the molecule is C=CCn1c(S[C@@H](C)C(=O)Nc2ccc(C(N)=O)cc2)nnc1-c1ccc(Br)cc1. The van der Waals surface area contributed by atoms with Gasteiger partial charge in [-0.25, -0.2) is 0 Å². The van der Waals surface area contributed by atoms with Gasteiger partial charge in [0.2, 0.25) is 11.8 Å². The van der Waals surface area contributed by atoms with Gasteiger partial charge in [0.1, 0.15) is 0 Å². The molecule has 0 aliphatic heterocycles. The molecule has 2 amide bonds. The van der Waals surface area contributed by atoms with Gasteiger partial charge < -0.3 is 11.1 Å². The standard InChI is InChI=1S/C21H20BrN5O2S/c1-3-12-27-19(15-4-8-16(22)9-5-15)25-26-21(27)30-13(2)20(29)24-17-10-6-14(7-11-17)18(23)28/h3-11,13H,1,12H2,2H3,(H2,23,28)(H,24,29)/t13-/m0/s1. The summed E-state index contributed by atoms with van der Waals surface area (Å²) in [6.45, 7) is 6.12. The monoisotopic (exact) mass is 485 g/mol. The van der Waals surface area contributed by atoms with Gasteiger partial charge in [-0.15, -0.1) is 16.8 Å². The molecule has 0 radical (unpaired) electrons. The summed E-state index contributed by atoms with van der Waals surface area (Å²) < 4.78 is 2.90. The van der Waals surface area contributed by atoms with Gasteiger partial charge in [-0.05, 0) is 43.3 Å². The molecule has 0 aliphatic rings. The summed E-state index contributed by atoms with van der Waals surface area (Å²) in [5.74, 6) is 0.00431. The second-order valence-electron chi connectivity index (χ2n) is 6.40. The van der Waals surface area contributed by atoms with Crippen molar-refractivity contribution in [2.75, 3.05) is 5.32 Å². The lowest BCUT2D eigenvalue weighted by molar-refractivity contribution is -0.115. The Balaban J connectivity index is 1.74. The molecule has 9 heteroatoms. The minimum atomic E-state index is -0.514. The molecule has 2 aromatic carbocycles. The number of thioether (sulfide) groups is 1. The van der Waals surface area contributed by atoms with Crippen molar-refractivity contribution in [2.24, 2.45) is 5.73 Å². The van der Waals surface area contributed by atoms with Gasteiger partial charge in [-0.2, -0.15) is 0 Å². The van der Waals surface area contributed by atoms with Gasteiger partial charge in [-0.3, -0.25) is 14.2 Å². The van der Waals surface area contributed by atoms with Gasteiger partial charge in [0.15, 0.2) is 11.0 Å². The van der Waals surface area contributed by atoms with Crippen molar-refractivity contribution in [3.8, 4) is 11.4 Å². The summed E-state index contributed by atoms with van der Waals surface area (Å²) in [6.07, 6.45) is 1.76. The number of carbonyl (C=O) groups excluding carboxylic acids is 2. The predicted molar refractivity (Wildman–Crippen MR) is 122 cm³/mol. The van der Waals surface area contributed by atoms with Crippen LogP contribution in [0.2, 0.25) is 0 Å². The fourth-order valence-electron chi connectivity index (χ4n) is 2.66. The minimum Gasteiger partial charge on any atom is -0.366 e. The molecule has 0 bridgehead atoms. The summed E-state index contributed by atoms with van der Waals surface area (Å²) in [5, 5.41) is 11.6. The molecule has 0 saturated heterocycles. The highest BCUT2D eigenvalue weighted by Crippen LogP contribution is 2.28. The van der Waals surface area contributed by atoms with Crippen LogP contribution >= 0.6 is 27.7 Å². The number of hydrogen-bond acceptors (Lipinski definition) is 5. The van der Waals surface area contributed by atoms with E-state index in [4.69, 9.17) is 5.73 Å². The maximum absolute atomic E-state index is 12.6. The first kappa shape index (κ1) is 21.8. The quantitative estimate of drug-likeness (QED) is 0.369. The number of primary amides is 1. The van der Waals surface area contributed by atoms with E-state index in [-0.39, 0.29) is 5.91 Å². The number of nitrogens with zero attached hydrogens (tertiary/aromatic N) is 3. The number of halogens is 1. The molecule has 0 spiro atoms. The lowest BCUT2D eigenvalue weighted by Gasteiger charge is -2.13. The summed E-state index contributed by atoms with van der Waals surface area (Å²) in [7, 11) is 0. The van der Waals surface area contributed by atoms with Crippen molar-refractivity contribution in [1.82, 2.24) is 14.8 Å². The topological polar surface area (TPSA) is 103 Å². The summed E-state index contributed by atoms with van der Waals surface area (Å²) in [4.78, 5) is 23.8. The van der Waals surface area contributed by atoms with Crippen molar-refractivity contribution in [3.63, 3.8) is 0 Å². The Bertz CT molecular complexity index is 1060. The van der Waals surface area contributed by atoms with E-state index in [1.165, 1.54) is 11.8 Å². The molecule has 0 unspecified atom stereocenters. The van der Waals surface area contributed by atoms with Crippen molar-refractivity contribution in [2.45, 2.75) is 23.9 Å². The van der Waals surface area contributed by atoms with Crippen LogP contribution in [0.4, 0.5) is 5.69 Å². The molecule has 30 heavy (non-hydrogen) atoms. The van der Waals surface area contributed by atoms with Gasteiger partial charge in [-0.1, -0.05) is 45.9 Å². The maximum atomic E-state index is 12.6. The molecule has 0 fully saturated rings. The Morgan fingerprint density at radius 2 is 1.87 bits per heavy atom. The molecule has 0 saturated carbocycles. The first-order chi connectivity index (χ1) is 14.4. The molecule has 154 valence electrons. The number of aromatic nitrogens is 3. The molecule has 3 rings (SSSR count). The number of anilines is 1. The van der Waals surface area contributed by atoms with Crippen LogP contribution in [0.1, 0.15) is 17.3 Å². The average Bonchev–Trinajstić information content (AvgIpc) is 3.11. The molecular formula is C21H20BrN5O2S. The summed E-state index contributed by atoms with van der Waals surface area (Å²) >= 11 is 4.74. The zero-order valence-electron chi connectivity index (χ0n) is 16.2. The van der Waals surface area contributed by atoms with Crippen LogP contribution < -0.4 is 11.1 Å². The first-order valence-electron chi connectivity index (χ1n) is 9.06. The second-order valence-corrected chi connectivity index (χ2v) is 8.63. The third-order valence-electron chi connectivity index (χ3n) is 4.22. The number of rotatable bonds is 8. The largest absolute Gasteiger partial charge is 0.366 e. The van der Waals surface area contributed by atoms with Crippen LogP contribution in [-0.2, 0) is 11.3 Å². The summed E-state index contributed by atoms with van der Waals surface area (Å²) in [6, 6.07) is 14.2. The highest BCUT2D eigenvalue weighted by molar-refractivity contribution is 9.10. The van der Waals surface area contributed by atoms with E-state index in [1.54, 1.807) is 37.3 Å². The van der Waals surface area contributed by atoms with E-state index < -0.39 is 11.2 Å². The fourth-order valence-corrected chi connectivity index (χ4v) is 3.78. The Labute approximate surface area is 186 Å². The average molecular weight is 486 g/mol. The smallest absolute Gasteiger partial charge is 0.248 e. The molecule has 7 nitrogen and oxygen atoms in total. The third-order valence-corrected chi connectivity index (χ3v) is 5.83. The Kier molecular flexibility index (Phi) is 7.07. The van der Waals surface area contributed by atoms with Crippen molar-refractivity contribution in [1.29, 1.82) is 0 Å². The summed E-state index contributed by atoms with van der Waals surface area (Å²) in [5.41, 5.74) is 7.12. The van der Waals surface area contributed by atoms with Crippen LogP contribution in [-0.4, -0.2) is 31.8 Å². The van der Waals surface area contributed by atoms with E-state index in [9.17, 15) is 9.59 Å². The Morgan fingerprint density at radius 3 is 2.47 bits per heavy atom. The third kappa shape index (κ3) is 5.17. The number of nitrogens with one attached hydrogen (secondary N) is 1. The number of hydrogen-bond donors (Lipinski definition) is 2. The van der Waals surface area contributed by atoms with Gasteiger partial charge >= 0.3 is 0 Å². The lowest BCUT2D eigenvalue weighted by atomic mass is 10.2. The normalized spacial score (nSPS) is 11.7. The number of allylic oxidation sites excluding steroid dienone is 1. The number of amides is 2. The van der Waals surface area contributed by atoms with Crippen LogP contribution in [0, 0.1) is 0 Å². The molecule has 3 N–H and O–H groups in total. The maximum Gasteiger partial charge on any atom is 0.248 e. The lowest BCUT2D eigenvalue weighted by Crippen LogP contribution is -2.23. The van der Waals surface area contributed by atoms with Gasteiger partial charge in [0, 0.05) is 27.8 Å². The van der Waals surface area contributed by atoms with Crippen LogP contribution in [0.3, 0.4) is 0 Å². The van der Waals surface area contributed by atoms with Crippen molar-refractivity contribution >= 4 is 45.2 Å². The molecule has 1 heterocycles. The highest BCUT2D eigenvalue weighted by atomic mass is 79.9. The Morgan fingerprint density at radius 1 is 1.20 bits per heavy atom. The van der Waals surface area contributed by atoms with Crippen LogP contribution in [0.15, 0.2) is 70.8 Å². The van der Waals surface area contributed by atoms with Crippen LogP contribution in [0.25, 0.3) is 11.4 Å². The number of nitrogens with two attached hydrogens (primary N) is 1. The number of carbonyl (C=O) groups is 2. The van der Waals surface area contributed by atoms with E-state index in [2.05, 4.69) is 38.0 Å². The van der Waals surface area contributed by atoms with E-state index in [0.29, 0.717) is 28.8 Å². The minimum absolute atomic E-state index is 0.190. The van der Waals surface area contributed by atoms with Gasteiger partial charge in [0.25, 0.3) is 0 Å². The van der Waals surface area contributed by atoms with Crippen molar-refractivity contribution < 1.29 is 9.59 Å². The Hall–Kier alpha value is -2.91. The van der Waals surface area contributed by atoms with Crippen molar-refractivity contribution in [3.05, 3.63) is 71.2 Å². The molecule has 1 atom stereocenters. The first-order valence-corrected chi connectivity index (χ1v) is 10.7. The van der Waals surface area contributed by atoms with Crippen LogP contribution in [0.5, 0.6) is 0 Å². The second kappa shape index (κ2) is 9.73. The zero-order chi connectivity index (χ0) is 21.7. The zero-order valence-corrected chi connectivity index (χ0v) is 18.6. The van der Waals surface area contributed by atoms with E-state index >= 15 is 0 Å². The van der Waals surface area contributed by atoms with E-state index in [0.717, 1.165) is 10.0 Å². The molecular weight excluding hydrogens is 466 g/mol. The molecule has 1 aromatic heterocycles. The van der Waals surface area contributed by atoms with E-state index in [1.807, 2.05) is 28.8 Å². The predicted octanol–water partition coefficient (Wildman–Crippen LogP) is 4.11. The highest BCUT2D eigenvalue weighted by Gasteiger charge is 2.20. The van der Waals surface area contributed by atoms with Gasteiger partial charge in [0.05, 0.1) is 5.25 Å². The number of benzene rings is 2.